The van der Waals surface area contributed by atoms with Crippen molar-refractivity contribution < 1.29 is 4.79 Å². The van der Waals surface area contributed by atoms with Gasteiger partial charge in [0, 0.05) is 44.6 Å². The number of carbonyl (C=O) groups is 1. The molecule has 26 heavy (non-hydrogen) atoms. The quantitative estimate of drug-likeness (QED) is 0.912. The fourth-order valence-electron chi connectivity index (χ4n) is 3.11. The van der Waals surface area contributed by atoms with Crippen molar-refractivity contribution in [1.82, 2.24) is 14.9 Å². The van der Waals surface area contributed by atoms with Gasteiger partial charge in [-0.15, -0.1) is 0 Å². The van der Waals surface area contributed by atoms with Gasteiger partial charge in [0.15, 0.2) is 0 Å². The Bertz CT molecular complexity index is 764. The van der Waals surface area contributed by atoms with Crippen LogP contribution >= 0.6 is 0 Å². The third kappa shape index (κ3) is 4.31. The molecule has 1 aromatic carbocycles. The highest BCUT2D eigenvalue weighted by molar-refractivity contribution is 5.93. The number of amides is 1. The summed E-state index contributed by atoms with van der Waals surface area (Å²) in [5, 5.41) is 3.28. The Kier molecular flexibility index (Phi) is 5.40. The highest BCUT2D eigenvalue weighted by Crippen LogP contribution is 2.21. The second kappa shape index (κ2) is 7.72. The summed E-state index contributed by atoms with van der Waals surface area (Å²) in [5.74, 6) is 1.92. The predicted molar refractivity (Wildman–Crippen MR) is 105 cm³/mol. The minimum atomic E-state index is -0.00611. The number of hydrogen-bond donors (Lipinski definition) is 1. The number of nitrogens with zero attached hydrogens (tertiary/aromatic N) is 4. The third-order valence-electron chi connectivity index (χ3n) is 4.78. The minimum Gasteiger partial charge on any atom is -0.378 e. The van der Waals surface area contributed by atoms with E-state index < -0.39 is 0 Å². The lowest BCUT2D eigenvalue weighted by Crippen LogP contribution is -2.38. The molecule has 0 unspecified atom stereocenters. The van der Waals surface area contributed by atoms with Crippen molar-refractivity contribution in [2.45, 2.75) is 26.7 Å². The molecule has 1 fully saturated rings. The van der Waals surface area contributed by atoms with E-state index in [1.807, 2.05) is 50.2 Å². The molecule has 2 aromatic rings. The molecule has 0 saturated carbocycles. The van der Waals surface area contributed by atoms with E-state index in [1.165, 1.54) is 0 Å². The van der Waals surface area contributed by atoms with E-state index in [-0.39, 0.29) is 5.91 Å². The number of piperidine rings is 1. The van der Waals surface area contributed by atoms with Crippen molar-refractivity contribution in [3.05, 3.63) is 41.9 Å². The fourth-order valence-corrected chi connectivity index (χ4v) is 3.11. The molecule has 1 aliphatic heterocycles. The maximum Gasteiger partial charge on any atom is 0.272 e. The summed E-state index contributed by atoms with van der Waals surface area (Å²) in [4.78, 5) is 25.5. The topological polar surface area (TPSA) is 61.4 Å². The van der Waals surface area contributed by atoms with Crippen LogP contribution in [0, 0.1) is 12.8 Å². The maximum atomic E-state index is 12.8. The molecular formula is C20H27N5O. The zero-order valence-corrected chi connectivity index (χ0v) is 16.0. The normalized spacial score (nSPS) is 15.0. The maximum absolute atomic E-state index is 12.8. The van der Waals surface area contributed by atoms with Gasteiger partial charge >= 0.3 is 0 Å². The molecule has 6 nitrogen and oxygen atoms in total. The first-order chi connectivity index (χ1) is 12.4. The van der Waals surface area contributed by atoms with Crippen molar-refractivity contribution in [2.24, 2.45) is 5.92 Å². The average Bonchev–Trinajstić information content (AvgIpc) is 2.61. The number of anilines is 3. The molecule has 138 valence electrons. The van der Waals surface area contributed by atoms with Gasteiger partial charge in [0.2, 0.25) is 0 Å². The van der Waals surface area contributed by atoms with Crippen LogP contribution in [-0.2, 0) is 0 Å². The van der Waals surface area contributed by atoms with Crippen LogP contribution in [0.1, 0.15) is 36.1 Å². The fraction of sp³-hybridized carbons (Fsp3) is 0.450. The Balaban J connectivity index is 1.75. The van der Waals surface area contributed by atoms with Gasteiger partial charge in [-0.1, -0.05) is 6.92 Å². The highest BCUT2D eigenvalue weighted by Gasteiger charge is 2.23. The smallest absolute Gasteiger partial charge is 0.272 e. The van der Waals surface area contributed by atoms with E-state index in [0.29, 0.717) is 23.3 Å². The van der Waals surface area contributed by atoms with Gasteiger partial charge in [0.1, 0.15) is 17.3 Å². The molecule has 1 aliphatic rings. The van der Waals surface area contributed by atoms with Crippen molar-refractivity contribution in [1.29, 1.82) is 0 Å². The second-order valence-electron chi connectivity index (χ2n) is 7.23. The van der Waals surface area contributed by atoms with E-state index in [1.54, 1.807) is 6.07 Å². The minimum absolute atomic E-state index is 0.00611. The number of nitrogens with one attached hydrogen (secondary N) is 1. The van der Waals surface area contributed by atoms with Gasteiger partial charge in [-0.2, -0.15) is 0 Å². The molecule has 1 N–H and O–H groups in total. The lowest BCUT2D eigenvalue weighted by Gasteiger charge is -2.30. The summed E-state index contributed by atoms with van der Waals surface area (Å²) in [6.07, 6.45) is 2.11. The van der Waals surface area contributed by atoms with Crippen LogP contribution in [0.5, 0.6) is 0 Å². The second-order valence-corrected chi connectivity index (χ2v) is 7.23. The molecule has 6 heteroatoms. The molecular weight excluding hydrogens is 326 g/mol. The Morgan fingerprint density at radius 2 is 1.81 bits per heavy atom. The van der Waals surface area contributed by atoms with Crippen molar-refractivity contribution in [2.75, 3.05) is 37.4 Å². The zero-order valence-electron chi connectivity index (χ0n) is 16.0. The van der Waals surface area contributed by atoms with Crippen LogP contribution in [0.15, 0.2) is 30.3 Å². The predicted octanol–water partition coefficient (Wildman–Crippen LogP) is 3.47. The first-order valence-corrected chi connectivity index (χ1v) is 9.12. The van der Waals surface area contributed by atoms with Gasteiger partial charge in [-0.25, -0.2) is 9.97 Å². The van der Waals surface area contributed by atoms with Crippen molar-refractivity contribution in [3.8, 4) is 0 Å². The van der Waals surface area contributed by atoms with Crippen LogP contribution in [0.25, 0.3) is 0 Å². The van der Waals surface area contributed by atoms with Gasteiger partial charge < -0.3 is 15.1 Å². The summed E-state index contributed by atoms with van der Waals surface area (Å²) in [7, 11) is 4.02. The highest BCUT2D eigenvalue weighted by atomic mass is 16.2. The third-order valence-corrected chi connectivity index (χ3v) is 4.78. The first-order valence-electron chi connectivity index (χ1n) is 9.12. The molecule has 1 aromatic heterocycles. The number of aryl methyl sites for hydroxylation is 1. The lowest BCUT2D eigenvalue weighted by atomic mass is 9.99. The van der Waals surface area contributed by atoms with E-state index >= 15 is 0 Å². The van der Waals surface area contributed by atoms with Crippen LogP contribution in [-0.4, -0.2) is 48.0 Å². The number of hydrogen-bond acceptors (Lipinski definition) is 5. The van der Waals surface area contributed by atoms with Gasteiger partial charge in [-0.3, -0.25) is 4.79 Å². The van der Waals surface area contributed by atoms with Crippen molar-refractivity contribution >= 4 is 23.1 Å². The largest absolute Gasteiger partial charge is 0.378 e. The van der Waals surface area contributed by atoms with Crippen LogP contribution in [0.2, 0.25) is 0 Å². The van der Waals surface area contributed by atoms with E-state index in [2.05, 4.69) is 27.1 Å². The average molecular weight is 353 g/mol. The number of carbonyl (C=O) groups excluding carboxylic acids is 1. The molecule has 1 saturated heterocycles. The number of benzene rings is 1. The Hall–Kier alpha value is -2.63. The molecule has 0 aliphatic carbocycles. The summed E-state index contributed by atoms with van der Waals surface area (Å²) in [6, 6.07) is 9.82. The number of aromatic nitrogens is 2. The van der Waals surface area contributed by atoms with Gasteiger partial charge in [-0.05, 0) is 49.9 Å². The van der Waals surface area contributed by atoms with E-state index in [9.17, 15) is 4.79 Å². The van der Waals surface area contributed by atoms with E-state index in [0.717, 1.165) is 37.3 Å². The molecule has 0 radical (unpaired) electrons. The monoisotopic (exact) mass is 353 g/mol. The number of likely N-dealkylation sites (tertiary alicyclic amines) is 1. The Labute approximate surface area is 155 Å². The standard InChI is InChI=1S/C20H27N5O/c1-14-9-11-25(12-10-14)20(26)18-13-19(22-15(2)21-18)23-16-5-7-17(8-6-16)24(3)4/h5-8,13-14H,9-12H2,1-4H3,(H,21,22,23). The summed E-state index contributed by atoms with van der Waals surface area (Å²) < 4.78 is 0. The van der Waals surface area contributed by atoms with Crippen LogP contribution < -0.4 is 10.2 Å². The molecule has 0 spiro atoms. The van der Waals surface area contributed by atoms with E-state index in [4.69, 9.17) is 0 Å². The zero-order chi connectivity index (χ0) is 18.7. The lowest BCUT2D eigenvalue weighted by molar-refractivity contribution is 0.0691. The number of rotatable bonds is 4. The van der Waals surface area contributed by atoms with Gasteiger partial charge in [0.25, 0.3) is 5.91 Å². The Morgan fingerprint density at radius 1 is 1.15 bits per heavy atom. The molecule has 0 atom stereocenters. The molecule has 2 heterocycles. The first kappa shape index (κ1) is 18.2. The van der Waals surface area contributed by atoms with Crippen LogP contribution in [0.4, 0.5) is 17.2 Å². The Morgan fingerprint density at radius 3 is 2.42 bits per heavy atom. The van der Waals surface area contributed by atoms with Gasteiger partial charge in [0.05, 0.1) is 0 Å². The SMILES string of the molecule is Cc1nc(Nc2ccc(N(C)C)cc2)cc(C(=O)N2CCC(C)CC2)n1. The molecule has 3 rings (SSSR count). The van der Waals surface area contributed by atoms with Crippen LogP contribution in [0.3, 0.4) is 0 Å². The summed E-state index contributed by atoms with van der Waals surface area (Å²) >= 11 is 0. The summed E-state index contributed by atoms with van der Waals surface area (Å²) in [5.41, 5.74) is 2.52. The molecule has 0 bridgehead atoms. The molecule has 1 amide bonds. The summed E-state index contributed by atoms with van der Waals surface area (Å²) in [6.45, 7) is 5.66. The van der Waals surface area contributed by atoms with Crippen molar-refractivity contribution in [3.63, 3.8) is 0 Å².